The van der Waals surface area contributed by atoms with E-state index in [1.54, 1.807) is 60.7 Å². The van der Waals surface area contributed by atoms with Crippen molar-refractivity contribution in [2.24, 2.45) is 20.5 Å². The number of hydrogen-bond acceptors (Lipinski definition) is 14. The summed E-state index contributed by atoms with van der Waals surface area (Å²) in [5, 5.41) is 26.9. The van der Waals surface area contributed by atoms with E-state index in [4.69, 9.17) is 13.7 Å². The van der Waals surface area contributed by atoms with Gasteiger partial charge in [0, 0.05) is 64.5 Å². The Bertz CT molecular complexity index is 2900. The van der Waals surface area contributed by atoms with Gasteiger partial charge in [-0.15, -0.1) is 15.3 Å². The van der Waals surface area contributed by atoms with Crippen molar-refractivity contribution in [2.75, 3.05) is 14.2 Å². The van der Waals surface area contributed by atoms with E-state index in [1.165, 1.54) is 44.6 Å². The van der Waals surface area contributed by atoms with Crippen LogP contribution in [0.25, 0.3) is 21.9 Å². The van der Waals surface area contributed by atoms with Gasteiger partial charge in [-0.1, -0.05) is 35.9 Å². The Kier molecular flexibility index (Phi) is 15.0. The number of ether oxygens (including phenoxy) is 2. The van der Waals surface area contributed by atoms with Crippen LogP contribution < -0.4 is 13.7 Å². The van der Waals surface area contributed by atoms with Gasteiger partial charge in [0.25, 0.3) is 20.2 Å². The van der Waals surface area contributed by atoms with Crippen molar-refractivity contribution in [2.45, 2.75) is 21.6 Å². The van der Waals surface area contributed by atoms with E-state index in [1.807, 2.05) is 6.92 Å². The van der Waals surface area contributed by atoms with Crippen LogP contribution in [0.3, 0.4) is 0 Å². The largest absolute Gasteiger partial charge is 0.506 e. The Morgan fingerprint density at radius 1 is 0.569 bits per heavy atom. The first kappa shape index (κ1) is 46.4. The average molecular weight is 865 g/mol. The second-order valence-electron chi connectivity index (χ2n) is 11.9. The molecule has 0 unspecified atom stereocenters. The van der Waals surface area contributed by atoms with Crippen molar-refractivity contribution in [3.05, 3.63) is 115 Å². The molecule has 0 aliphatic rings. The summed E-state index contributed by atoms with van der Waals surface area (Å²) in [5.74, 6) is 0.151. The predicted molar refractivity (Wildman–Crippen MR) is 216 cm³/mol. The fourth-order valence-electron chi connectivity index (χ4n) is 5.37. The molecule has 3 N–H and O–H groups in total. The maximum atomic E-state index is 12.6. The first-order valence-electron chi connectivity index (χ1n) is 16.0. The van der Waals surface area contributed by atoms with Crippen LogP contribution >= 0.6 is 0 Å². The molecule has 6 rings (SSSR count). The molecule has 21 heteroatoms. The second kappa shape index (κ2) is 18.8. The van der Waals surface area contributed by atoms with Crippen molar-refractivity contribution in [3.8, 4) is 34.1 Å². The van der Waals surface area contributed by atoms with Crippen molar-refractivity contribution in [1.29, 1.82) is 0 Å². The van der Waals surface area contributed by atoms with Gasteiger partial charge >= 0.3 is 10.1 Å². The molecule has 0 atom stereocenters. The number of hydrogen-bond donors (Lipinski definition) is 3. The first-order valence-corrected chi connectivity index (χ1v) is 20.3. The van der Waals surface area contributed by atoms with Gasteiger partial charge in [0.1, 0.15) is 49.9 Å². The number of nitrogens with zero attached hydrogens (tertiary/aromatic N) is 4. The molecule has 6 aromatic carbocycles. The number of rotatable bonds is 12. The van der Waals surface area contributed by atoms with Crippen LogP contribution in [0.1, 0.15) is 5.56 Å². The topological polar surface area (TPSA) is 240 Å². The van der Waals surface area contributed by atoms with Crippen molar-refractivity contribution in [1.82, 2.24) is 0 Å². The predicted octanol–water partition coefficient (Wildman–Crippen LogP) is 7.87. The van der Waals surface area contributed by atoms with E-state index in [2.05, 4.69) is 20.5 Å². The van der Waals surface area contributed by atoms with Gasteiger partial charge < -0.3 is 18.8 Å². The molecular weight excluding hydrogens is 835 g/mol. The molecule has 0 fully saturated rings. The third-order valence-corrected chi connectivity index (χ3v) is 11.1. The smallest absolute Gasteiger partial charge is 0.339 e. The fourth-order valence-corrected chi connectivity index (χ4v) is 7.66. The summed E-state index contributed by atoms with van der Waals surface area (Å²) in [4.78, 5) is -1.70. The average Bonchev–Trinajstić information content (AvgIpc) is 3.16. The molecule has 2 radical (unpaired) electrons. The van der Waals surface area contributed by atoms with Crippen LogP contribution in [0.2, 0.25) is 0 Å². The number of aryl methyl sites for hydroxylation is 1. The molecule has 0 saturated heterocycles. The molecule has 0 saturated carbocycles. The summed E-state index contributed by atoms with van der Waals surface area (Å²) in [5.41, 5.74) is 2.79. The molecular formula is C37H30N4Na2O12S3. The number of phenols is 1. The monoisotopic (exact) mass is 864 g/mol. The van der Waals surface area contributed by atoms with E-state index in [0.717, 1.165) is 17.7 Å². The Morgan fingerprint density at radius 2 is 1.12 bits per heavy atom. The number of methoxy groups -OCH3 is 2. The van der Waals surface area contributed by atoms with Gasteiger partial charge in [0.15, 0.2) is 0 Å². The minimum absolute atomic E-state index is 0. The number of aromatic hydroxyl groups is 1. The summed E-state index contributed by atoms with van der Waals surface area (Å²) < 4.78 is 109. The Morgan fingerprint density at radius 3 is 1.64 bits per heavy atom. The number of phenolic OH excluding ortho intramolecular Hbond substituents is 1. The summed E-state index contributed by atoms with van der Waals surface area (Å²) in [6.45, 7) is 1.85. The Labute approximate surface area is 377 Å². The Balaban J connectivity index is 0.00000372. The van der Waals surface area contributed by atoms with Gasteiger partial charge in [-0.25, -0.2) is 0 Å². The number of azo groups is 2. The van der Waals surface area contributed by atoms with Gasteiger partial charge in [-0.3, -0.25) is 9.11 Å². The minimum atomic E-state index is -5.09. The summed E-state index contributed by atoms with van der Waals surface area (Å²) in [6, 6.07) is 26.1. The number of fused-ring (bicyclic) bond motifs is 1. The van der Waals surface area contributed by atoms with Crippen LogP contribution in [0.4, 0.5) is 22.7 Å². The summed E-state index contributed by atoms with van der Waals surface area (Å²) >= 11 is 0. The van der Waals surface area contributed by atoms with Crippen molar-refractivity contribution >= 4 is 123 Å². The second-order valence-corrected chi connectivity index (χ2v) is 16.3. The van der Waals surface area contributed by atoms with E-state index in [0.29, 0.717) is 34.3 Å². The molecule has 0 bridgehead atoms. The summed E-state index contributed by atoms with van der Waals surface area (Å²) in [6.07, 6.45) is 0. The maximum absolute atomic E-state index is 12.6. The third-order valence-electron chi connectivity index (χ3n) is 8.16. The third kappa shape index (κ3) is 10.7. The van der Waals surface area contributed by atoms with E-state index >= 15 is 0 Å². The molecule has 58 heavy (non-hydrogen) atoms. The van der Waals surface area contributed by atoms with E-state index in [-0.39, 0.29) is 92.0 Å². The van der Waals surface area contributed by atoms with Crippen LogP contribution in [0.5, 0.6) is 23.0 Å². The van der Waals surface area contributed by atoms with Gasteiger partial charge in [0.05, 0.1) is 24.8 Å². The van der Waals surface area contributed by atoms with Crippen molar-refractivity contribution in [3.63, 3.8) is 0 Å². The van der Waals surface area contributed by atoms with Crippen LogP contribution in [0, 0.1) is 6.92 Å². The van der Waals surface area contributed by atoms with E-state index < -0.39 is 51.6 Å². The SMILES string of the molecule is COc1cc(-c2ccc(N=Nc3c(O)ccc4cc(S(=O)(=O)O)cc(S(=O)(=O)O)c34)c(OC)c2)ccc1N=Nc1ccc(OS(=O)(=O)c2ccc(C)cc2)cc1.[Na].[Na]. The molecule has 0 aliphatic carbocycles. The van der Waals surface area contributed by atoms with Gasteiger partial charge in [-0.05, 0) is 102 Å². The molecule has 0 aliphatic heterocycles. The maximum Gasteiger partial charge on any atom is 0.339 e. The minimum Gasteiger partial charge on any atom is -0.506 e. The van der Waals surface area contributed by atoms with Gasteiger partial charge in [0.2, 0.25) is 0 Å². The fraction of sp³-hybridized carbons (Fsp3) is 0.0811. The van der Waals surface area contributed by atoms with Crippen LogP contribution in [-0.2, 0) is 30.4 Å². The molecule has 16 nitrogen and oxygen atoms in total. The van der Waals surface area contributed by atoms with E-state index in [9.17, 15) is 39.5 Å². The zero-order valence-corrected chi connectivity index (χ0v) is 37.9. The molecule has 0 spiro atoms. The normalized spacial score (nSPS) is 11.9. The zero-order chi connectivity index (χ0) is 40.4. The first-order chi connectivity index (χ1) is 26.5. The van der Waals surface area contributed by atoms with Crippen LogP contribution in [0.15, 0.2) is 144 Å². The molecule has 0 amide bonds. The van der Waals surface area contributed by atoms with Crippen LogP contribution in [-0.4, -0.2) is 113 Å². The molecule has 0 heterocycles. The molecule has 6 aromatic rings. The zero-order valence-electron chi connectivity index (χ0n) is 31.4. The summed E-state index contributed by atoms with van der Waals surface area (Å²) in [7, 11) is -11.1. The number of benzene rings is 6. The standard InChI is InChI=1S/C37H30N4O12S3.2Na/c1-22-4-13-28(14-5-22)56(49,50)53-27-11-9-26(10-12-27)38-39-30-15-6-23(19-33(30)51-2)24-7-16-31(34(20-24)52-3)40-41-37-32(42)17-8-25-18-29(54(43,44)45)21-35(36(25)37)55(46,47)48;;/h4-21,42H,1-3H3,(H,43,44,45)(H,46,47,48);;. The van der Waals surface area contributed by atoms with Gasteiger partial charge in [-0.2, -0.15) is 30.4 Å². The Hall–Kier alpha value is -4.25. The molecule has 290 valence electrons. The molecule has 0 aromatic heterocycles. The quantitative estimate of drug-likeness (QED) is 0.0461. The van der Waals surface area contributed by atoms with Crippen molar-refractivity contribution < 1.29 is 53.1 Å².